The van der Waals surface area contributed by atoms with Crippen molar-refractivity contribution in [3.63, 3.8) is 0 Å². The van der Waals surface area contributed by atoms with E-state index >= 15 is 0 Å². The van der Waals surface area contributed by atoms with Gasteiger partial charge in [0.25, 0.3) is 0 Å². The summed E-state index contributed by atoms with van der Waals surface area (Å²) < 4.78 is 31.4. The molecule has 0 amide bonds. The van der Waals surface area contributed by atoms with Crippen LogP contribution in [-0.2, 0) is 38.1 Å². The topological polar surface area (TPSA) is 189 Å². The summed E-state index contributed by atoms with van der Waals surface area (Å²) in [6, 6.07) is 4.88. The van der Waals surface area contributed by atoms with Crippen LogP contribution in [0.2, 0.25) is 0 Å². The summed E-state index contributed by atoms with van der Waals surface area (Å²) in [6.07, 6.45) is 3.81. The van der Waals surface area contributed by atoms with E-state index in [1.807, 2.05) is 27.7 Å². The number of esters is 3. The van der Waals surface area contributed by atoms with Crippen LogP contribution in [0.15, 0.2) is 18.5 Å². The van der Waals surface area contributed by atoms with Gasteiger partial charge < -0.3 is 29.4 Å². The molecule has 2 aromatic rings. The summed E-state index contributed by atoms with van der Waals surface area (Å²) in [5.41, 5.74) is 5.09. The van der Waals surface area contributed by atoms with E-state index in [0.29, 0.717) is 24.1 Å². The first-order chi connectivity index (χ1) is 22.9. The van der Waals surface area contributed by atoms with Crippen LogP contribution in [0.25, 0.3) is 5.52 Å². The third-order valence-electron chi connectivity index (χ3n) is 8.76. The maximum atomic E-state index is 13.2. The van der Waals surface area contributed by atoms with Gasteiger partial charge in [0.05, 0.1) is 19.0 Å². The summed E-state index contributed by atoms with van der Waals surface area (Å²) in [5.74, 6) is -0.785. The molecule has 1 saturated carbocycles. The van der Waals surface area contributed by atoms with Gasteiger partial charge >= 0.3 is 17.9 Å². The normalized spacial score (nSPS) is 23.7. The van der Waals surface area contributed by atoms with Gasteiger partial charge in [0.1, 0.15) is 36.2 Å². The van der Waals surface area contributed by atoms with Crippen molar-refractivity contribution in [2.75, 3.05) is 19.1 Å². The van der Waals surface area contributed by atoms with Crippen molar-refractivity contribution in [1.29, 1.82) is 5.26 Å². The second kappa shape index (κ2) is 17.0. The summed E-state index contributed by atoms with van der Waals surface area (Å²) in [7, 11) is 0. The number of carbonyl (C=O) groups excluding carboxylic acids is 3. The minimum absolute atomic E-state index is 0.0841. The highest BCUT2D eigenvalue weighted by Crippen LogP contribution is 2.44. The maximum Gasteiger partial charge on any atom is 0.323 e. The highest BCUT2D eigenvalue weighted by molar-refractivity contribution is 5.75. The number of anilines is 1. The number of nitrogens with zero attached hydrogens (tertiary/aromatic N) is 4. The van der Waals surface area contributed by atoms with Gasteiger partial charge in [-0.1, -0.05) is 34.1 Å². The minimum Gasteiger partial charge on any atom is -0.461 e. The molecule has 48 heavy (non-hydrogen) atoms. The van der Waals surface area contributed by atoms with Crippen molar-refractivity contribution >= 4 is 29.2 Å². The molecule has 0 spiro atoms. The molecule has 264 valence electrons. The Labute approximate surface area is 281 Å². The van der Waals surface area contributed by atoms with Gasteiger partial charge in [-0.15, -0.1) is 0 Å². The minimum atomic E-state index is -1.89. The van der Waals surface area contributed by atoms with Crippen molar-refractivity contribution in [1.82, 2.24) is 19.9 Å². The lowest BCUT2D eigenvalue weighted by Gasteiger charge is -2.29. The Morgan fingerprint density at radius 3 is 2.35 bits per heavy atom. The van der Waals surface area contributed by atoms with Crippen molar-refractivity contribution in [3.05, 3.63) is 24.2 Å². The van der Waals surface area contributed by atoms with E-state index in [0.717, 1.165) is 32.1 Å². The molecular weight excluding hydrogens is 620 g/mol. The first-order valence-electron chi connectivity index (χ1n) is 17.0. The van der Waals surface area contributed by atoms with Crippen molar-refractivity contribution in [3.8, 4) is 6.07 Å². The molecule has 14 heteroatoms. The van der Waals surface area contributed by atoms with E-state index < -0.39 is 41.9 Å². The molecule has 2 fully saturated rings. The van der Waals surface area contributed by atoms with Crippen LogP contribution in [-0.4, -0.2) is 75.8 Å². The van der Waals surface area contributed by atoms with Crippen LogP contribution >= 0.6 is 0 Å². The molecule has 5 atom stereocenters. The van der Waals surface area contributed by atoms with Crippen LogP contribution in [0, 0.1) is 23.2 Å². The van der Waals surface area contributed by atoms with Crippen molar-refractivity contribution in [2.24, 2.45) is 11.8 Å². The molecule has 1 saturated heterocycles. The monoisotopic (exact) mass is 670 g/mol. The van der Waals surface area contributed by atoms with Crippen molar-refractivity contribution < 1.29 is 38.1 Å². The van der Waals surface area contributed by atoms with Crippen LogP contribution in [0.5, 0.6) is 0 Å². The molecule has 0 aromatic carbocycles. The first-order valence-corrected chi connectivity index (χ1v) is 17.0. The fourth-order valence-electron chi connectivity index (χ4n) is 5.87. The summed E-state index contributed by atoms with van der Waals surface area (Å²) in [6.45, 7) is 9.12. The number of hydrogen-bond donors (Lipinski definition) is 2. The lowest BCUT2D eigenvalue weighted by atomic mass is 9.95. The Kier molecular flexibility index (Phi) is 13.1. The molecule has 4 rings (SSSR count). The third kappa shape index (κ3) is 9.42. The first kappa shape index (κ1) is 37.0. The Balaban J connectivity index is 1.58. The van der Waals surface area contributed by atoms with Crippen molar-refractivity contribution in [2.45, 2.75) is 128 Å². The van der Waals surface area contributed by atoms with Gasteiger partial charge in [0.15, 0.2) is 18.0 Å². The zero-order valence-electron chi connectivity index (χ0n) is 28.7. The van der Waals surface area contributed by atoms with E-state index in [9.17, 15) is 19.6 Å². The number of nitrogen functional groups attached to an aromatic ring is 1. The Hall–Kier alpha value is -3.80. The molecule has 1 aliphatic heterocycles. The van der Waals surface area contributed by atoms with E-state index in [4.69, 9.17) is 29.4 Å². The average molecular weight is 671 g/mol. The van der Waals surface area contributed by atoms with Gasteiger partial charge in [-0.05, 0) is 69.4 Å². The highest BCUT2D eigenvalue weighted by Gasteiger charge is 2.61. The summed E-state index contributed by atoms with van der Waals surface area (Å²) in [5, 5.41) is 18.0. The van der Waals surface area contributed by atoms with Gasteiger partial charge in [0, 0.05) is 12.8 Å². The van der Waals surface area contributed by atoms with Gasteiger partial charge in [-0.3, -0.25) is 19.7 Å². The molecule has 0 radical (unpaired) electrons. The number of fused-ring (bicyclic) bond motifs is 1. The smallest absolute Gasteiger partial charge is 0.323 e. The molecule has 0 unspecified atom stereocenters. The van der Waals surface area contributed by atoms with E-state index in [1.54, 1.807) is 19.1 Å². The number of carbonyl (C=O) groups is 3. The SMILES string of the molecule is CC(C)CCC(=O)O[C@H]1[C@H](c2ccc3c(N)ncnn23)O[C@](C#N)(COCN[C@@H](C)C(=O)OC2CCCCC2)[C@H]1OC(=O)CCC(C)C. The predicted molar refractivity (Wildman–Crippen MR) is 174 cm³/mol. The number of ether oxygens (including phenoxy) is 5. The zero-order valence-corrected chi connectivity index (χ0v) is 28.7. The van der Waals surface area contributed by atoms with Gasteiger partial charge in [0.2, 0.25) is 5.60 Å². The maximum absolute atomic E-state index is 13.2. The summed E-state index contributed by atoms with van der Waals surface area (Å²) >= 11 is 0. The quantitative estimate of drug-likeness (QED) is 0.112. The van der Waals surface area contributed by atoms with Gasteiger partial charge in [-0.25, -0.2) is 9.50 Å². The van der Waals surface area contributed by atoms with E-state index in [1.165, 1.54) is 10.8 Å². The second-order valence-electron chi connectivity index (χ2n) is 13.6. The lowest BCUT2D eigenvalue weighted by Crippen LogP contribution is -2.50. The predicted octanol–water partition coefficient (Wildman–Crippen LogP) is 4.17. The summed E-state index contributed by atoms with van der Waals surface area (Å²) in [4.78, 5) is 43.1. The highest BCUT2D eigenvalue weighted by atomic mass is 16.7. The number of rotatable bonds is 16. The van der Waals surface area contributed by atoms with Gasteiger partial charge in [-0.2, -0.15) is 10.4 Å². The number of hydrogen-bond acceptors (Lipinski definition) is 13. The van der Waals surface area contributed by atoms with Crippen LogP contribution in [0.1, 0.15) is 104 Å². The fraction of sp³-hybridized carbons (Fsp3) is 0.706. The number of nitrogens with two attached hydrogens (primary N) is 1. The second-order valence-corrected chi connectivity index (χ2v) is 13.6. The molecule has 14 nitrogen and oxygen atoms in total. The number of nitrogens with one attached hydrogen (secondary N) is 1. The zero-order chi connectivity index (χ0) is 34.8. The number of nitriles is 1. The molecule has 3 heterocycles. The van der Waals surface area contributed by atoms with E-state index in [-0.39, 0.29) is 55.9 Å². The fourth-order valence-corrected chi connectivity index (χ4v) is 5.87. The van der Waals surface area contributed by atoms with Crippen LogP contribution in [0.4, 0.5) is 5.82 Å². The van der Waals surface area contributed by atoms with Crippen LogP contribution < -0.4 is 11.1 Å². The molecule has 2 aliphatic rings. The lowest BCUT2D eigenvalue weighted by molar-refractivity contribution is -0.171. The number of aromatic nitrogens is 3. The molecule has 3 N–H and O–H groups in total. The molecule has 2 aromatic heterocycles. The molecular formula is C34H50N6O8. The van der Waals surface area contributed by atoms with Crippen LogP contribution in [0.3, 0.4) is 0 Å². The largest absolute Gasteiger partial charge is 0.461 e. The standard InChI is InChI=1S/C34H50N6O8/c1-21(2)11-15-27(41)46-30-29(25-13-14-26-32(36)37-19-39-40(25)26)48-34(17-35,31(30)47-28(42)16-12-22(3)4)18-44-20-38-23(5)33(43)45-24-9-7-6-8-10-24/h13-14,19,21-24,29-31,38H,6-12,15-16,18,20H2,1-5H3,(H2,36,37,39)/t23-,29-,30-,31-,34+/m0/s1. The Morgan fingerprint density at radius 2 is 1.71 bits per heavy atom. The third-order valence-corrected chi connectivity index (χ3v) is 8.76. The Bertz CT molecular complexity index is 1430. The van der Waals surface area contributed by atoms with E-state index in [2.05, 4.69) is 21.5 Å². The average Bonchev–Trinajstić information content (AvgIpc) is 3.61. The Morgan fingerprint density at radius 1 is 1.04 bits per heavy atom. The molecule has 0 bridgehead atoms. The molecule has 1 aliphatic carbocycles.